The van der Waals surface area contributed by atoms with Crippen molar-refractivity contribution in [1.29, 1.82) is 0 Å². The average molecular weight is 322 g/mol. The maximum Gasteiger partial charge on any atom is 0.208 e. The Bertz CT molecular complexity index is 476. The predicted octanol–water partition coefficient (Wildman–Crippen LogP) is 1.99. The standard InChI is InChI=1S/C11H16BrNO3S/c1-8-6-10(7-9(2)11(8)12)16-5-4-13-17(3,14)15/h6-7,13H,4-5H2,1-3H3. The smallest absolute Gasteiger partial charge is 0.208 e. The van der Waals surface area contributed by atoms with Gasteiger partial charge in [0.05, 0.1) is 6.26 Å². The Morgan fingerprint density at radius 1 is 1.29 bits per heavy atom. The summed E-state index contributed by atoms with van der Waals surface area (Å²) in [6.45, 7) is 4.55. The Morgan fingerprint density at radius 2 is 1.82 bits per heavy atom. The molecule has 0 fully saturated rings. The molecule has 0 amide bonds. The van der Waals surface area contributed by atoms with Crippen LogP contribution in [0.15, 0.2) is 16.6 Å². The Balaban J connectivity index is 2.53. The molecule has 6 heteroatoms. The summed E-state index contributed by atoms with van der Waals surface area (Å²) in [6.07, 6.45) is 1.13. The van der Waals surface area contributed by atoms with Crippen LogP contribution in [0.25, 0.3) is 0 Å². The molecule has 0 unspecified atom stereocenters. The molecule has 4 nitrogen and oxygen atoms in total. The third-order valence-corrected chi connectivity index (χ3v) is 4.12. The highest BCUT2D eigenvalue weighted by molar-refractivity contribution is 9.10. The van der Waals surface area contributed by atoms with Gasteiger partial charge in [0.2, 0.25) is 10.0 Å². The normalized spacial score (nSPS) is 11.5. The maximum atomic E-state index is 10.8. The van der Waals surface area contributed by atoms with E-state index in [1.54, 1.807) is 0 Å². The highest BCUT2D eigenvalue weighted by Gasteiger charge is 2.04. The van der Waals surface area contributed by atoms with E-state index in [1.165, 1.54) is 0 Å². The minimum absolute atomic E-state index is 0.271. The molecular weight excluding hydrogens is 306 g/mol. The van der Waals surface area contributed by atoms with Gasteiger partial charge >= 0.3 is 0 Å². The number of nitrogens with one attached hydrogen (secondary N) is 1. The van der Waals surface area contributed by atoms with Crippen LogP contribution in [0.1, 0.15) is 11.1 Å². The van der Waals surface area contributed by atoms with Crippen LogP contribution in [0.3, 0.4) is 0 Å². The molecule has 0 aliphatic rings. The molecule has 0 aliphatic heterocycles. The fraction of sp³-hybridized carbons (Fsp3) is 0.455. The molecule has 0 aromatic heterocycles. The Morgan fingerprint density at radius 3 is 2.29 bits per heavy atom. The summed E-state index contributed by atoms with van der Waals surface area (Å²) in [5.74, 6) is 0.749. The van der Waals surface area contributed by atoms with Crippen LogP contribution < -0.4 is 9.46 Å². The van der Waals surface area contributed by atoms with Gasteiger partial charge in [-0.3, -0.25) is 0 Å². The monoisotopic (exact) mass is 321 g/mol. The highest BCUT2D eigenvalue weighted by atomic mass is 79.9. The van der Waals surface area contributed by atoms with Gasteiger partial charge in [0.25, 0.3) is 0 Å². The van der Waals surface area contributed by atoms with Crippen molar-refractivity contribution in [1.82, 2.24) is 4.72 Å². The van der Waals surface area contributed by atoms with Gasteiger partial charge in [-0.2, -0.15) is 0 Å². The van der Waals surface area contributed by atoms with Gasteiger partial charge in [0.15, 0.2) is 0 Å². The van der Waals surface area contributed by atoms with E-state index in [0.29, 0.717) is 6.61 Å². The molecular formula is C11H16BrNO3S. The molecule has 1 aromatic carbocycles. The topological polar surface area (TPSA) is 55.4 Å². The first-order chi connectivity index (χ1) is 7.79. The quantitative estimate of drug-likeness (QED) is 0.844. The molecule has 1 N–H and O–H groups in total. The summed E-state index contributed by atoms with van der Waals surface area (Å²) in [5, 5.41) is 0. The fourth-order valence-corrected chi connectivity index (χ4v) is 2.07. The molecule has 0 bridgehead atoms. The minimum Gasteiger partial charge on any atom is -0.492 e. The molecule has 0 radical (unpaired) electrons. The fourth-order valence-electron chi connectivity index (χ4n) is 1.39. The van der Waals surface area contributed by atoms with Crippen LogP contribution in [0.2, 0.25) is 0 Å². The molecule has 0 aliphatic carbocycles. The van der Waals surface area contributed by atoms with E-state index >= 15 is 0 Å². The zero-order chi connectivity index (χ0) is 13.1. The summed E-state index contributed by atoms with van der Waals surface area (Å²) in [4.78, 5) is 0. The van der Waals surface area contributed by atoms with Crippen LogP contribution in [0.4, 0.5) is 0 Å². The third kappa shape index (κ3) is 5.06. The van der Waals surface area contributed by atoms with Crippen molar-refractivity contribution in [2.24, 2.45) is 0 Å². The molecule has 96 valence electrons. The first-order valence-electron chi connectivity index (χ1n) is 5.14. The van der Waals surface area contributed by atoms with Gasteiger partial charge in [-0.15, -0.1) is 0 Å². The SMILES string of the molecule is Cc1cc(OCCNS(C)(=O)=O)cc(C)c1Br. The second-order valence-electron chi connectivity index (χ2n) is 3.89. The Kier molecular flexibility index (Phi) is 4.97. The number of hydrogen-bond acceptors (Lipinski definition) is 3. The van der Waals surface area contributed by atoms with E-state index in [9.17, 15) is 8.42 Å². The van der Waals surface area contributed by atoms with E-state index in [4.69, 9.17) is 4.74 Å². The van der Waals surface area contributed by atoms with Crippen molar-refractivity contribution >= 4 is 26.0 Å². The second-order valence-corrected chi connectivity index (χ2v) is 6.51. The van der Waals surface area contributed by atoms with Gasteiger partial charge in [0.1, 0.15) is 12.4 Å². The summed E-state index contributed by atoms with van der Waals surface area (Å²) in [7, 11) is -3.14. The lowest BCUT2D eigenvalue weighted by atomic mass is 10.1. The predicted molar refractivity (Wildman–Crippen MR) is 72.0 cm³/mol. The van der Waals surface area contributed by atoms with E-state index in [-0.39, 0.29) is 6.54 Å². The Labute approximate surface area is 111 Å². The molecule has 17 heavy (non-hydrogen) atoms. The lowest BCUT2D eigenvalue weighted by molar-refractivity contribution is 0.322. The molecule has 0 atom stereocenters. The maximum absolute atomic E-state index is 10.8. The number of rotatable bonds is 5. The van der Waals surface area contributed by atoms with Crippen LogP contribution in [0, 0.1) is 13.8 Å². The van der Waals surface area contributed by atoms with Gasteiger partial charge < -0.3 is 4.74 Å². The summed E-state index contributed by atoms with van der Waals surface area (Å²) in [6, 6.07) is 3.83. The largest absolute Gasteiger partial charge is 0.492 e. The number of ether oxygens (including phenoxy) is 1. The van der Waals surface area contributed by atoms with Crippen LogP contribution >= 0.6 is 15.9 Å². The van der Waals surface area contributed by atoms with Crippen LogP contribution in [-0.2, 0) is 10.0 Å². The average Bonchev–Trinajstić information content (AvgIpc) is 2.19. The van der Waals surface area contributed by atoms with Gasteiger partial charge in [0, 0.05) is 11.0 Å². The van der Waals surface area contributed by atoms with E-state index < -0.39 is 10.0 Å². The van der Waals surface area contributed by atoms with Crippen molar-refractivity contribution in [2.75, 3.05) is 19.4 Å². The van der Waals surface area contributed by atoms with E-state index in [0.717, 1.165) is 27.6 Å². The number of aryl methyl sites for hydroxylation is 2. The number of sulfonamides is 1. The summed E-state index contributed by atoms with van der Waals surface area (Å²) in [5.41, 5.74) is 2.19. The van der Waals surface area contributed by atoms with Crippen LogP contribution in [-0.4, -0.2) is 27.8 Å². The van der Waals surface area contributed by atoms with Gasteiger partial charge in [-0.05, 0) is 37.1 Å². The molecule has 0 heterocycles. The number of halogens is 1. The zero-order valence-corrected chi connectivity index (χ0v) is 12.5. The molecule has 0 saturated heterocycles. The van der Waals surface area contributed by atoms with Crippen molar-refractivity contribution in [3.8, 4) is 5.75 Å². The highest BCUT2D eigenvalue weighted by Crippen LogP contribution is 2.26. The zero-order valence-electron chi connectivity index (χ0n) is 10.1. The Hall–Kier alpha value is -0.590. The lowest BCUT2D eigenvalue weighted by Crippen LogP contribution is -2.26. The number of benzene rings is 1. The molecule has 0 saturated carbocycles. The van der Waals surface area contributed by atoms with Gasteiger partial charge in [-0.25, -0.2) is 13.1 Å². The minimum atomic E-state index is -3.14. The summed E-state index contributed by atoms with van der Waals surface area (Å²) < 4.78 is 30.6. The van der Waals surface area contributed by atoms with E-state index in [2.05, 4.69) is 20.7 Å². The lowest BCUT2D eigenvalue weighted by Gasteiger charge is -2.10. The van der Waals surface area contributed by atoms with Gasteiger partial charge in [-0.1, -0.05) is 15.9 Å². The molecule has 0 spiro atoms. The first-order valence-corrected chi connectivity index (χ1v) is 7.82. The first kappa shape index (κ1) is 14.5. The van der Waals surface area contributed by atoms with Crippen molar-refractivity contribution in [3.63, 3.8) is 0 Å². The van der Waals surface area contributed by atoms with Crippen molar-refractivity contribution in [3.05, 3.63) is 27.7 Å². The summed E-state index contributed by atoms with van der Waals surface area (Å²) >= 11 is 3.47. The number of hydrogen-bond donors (Lipinski definition) is 1. The second kappa shape index (κ2) is 5.84. The van der Waals surface area contributed by atoms with Crippen LogP contribution in [0.5, 0.6) is 5.75 Å². The van der Waals surface area contributed by atoms with Crippen molar-refractivity contribution < 1.29 is 13.2 Å². The molecule has 1 rings (SSSR count). The third-order valence-electron chi connectivity index (χ3n) is 2.15. The van der Waals surface area contributed by atoms with Crippen molar-refractivity contribution in [2.45, 2.75) is 13.8 Å². The van der Waals surface area contributed by atoms with E-state index in [1.807, 2.05) is 26.0 Å². The molecule has 1 aromatic rings.